The summed E-state index contributed by atoms with van der Waals surface area (Å²) in [6.07, 6.45) is 1.14. The summed E-state index contributed by atoms with van der Waals surface area (Å²) in [5.74, 6) is -0.125. The van der Waals surface area contributed by atoms with E-state index in [2.05, 4.69) is 5.32 Å². The Morgan fingerprint density at radius 2 is 2.21 bits per heavy atom. The summed E-state index contributed by atoms with van der Waals surface area (Å²) in [5.41, 5.74) is 7.67. The molecule has 0 aromatic heterocycles. The van der Waals surface area contributed by atoms with Crippen molar-refractivity contribution in [2.45, 2.75) is 12.8 Å². The molecule has 0 spiro atoms. The van der Waals surface area contributed by atoms with E-state index in [9.17, 15) is 9.59 Å². The summed E-state index contributed by atoms with van der Waals surface area (Å²) in [6, 6.07) is 5.46. The smallest absolute Gasteiger partial charge is 0.253 e. The van der Waals surface area contributed by atoms with E-state index in [-0.39, 0.29) is 30.6 Å². The molecule has 2 amide bonds. The second-order valence-electron chi connectivity index (χ2n) is 4.44. The Bertz CT molecular complexity index is 491. The van der Waals surface area contributed by atoms with Gasteiger partial charge in [0.05, 0.1) is 0 Å². The van der Waals surface area contributed by atoms with E-state index in [4.69, 9.17) is 5.73 Å². The zero-order valence-electron chi connectivity index (χ0n) is 10.8. The van der Waals surface area contributed by atoms with Crippen LogP contribution in [0.25, 0.3) is 0 Å². The van der Waals surface area contributed by atoms with Gasteiger partial charge in [-0.1, -0.05) is 6.07 Å². The molecule has 1 heterocycles. The van der Waals surface area contributed by atoms with Crippen LogP contribution in [0.1, 0.15) is 22.3 Å². The lowest BCUT2D eigenvalue weighted by molar-refractivity contribution is -0.116. The lowest BCUT2D eigenvalue weighted by Crippen LogP contribution is -2.34. The molecule has 1 aromatic carbocycles. The third-order valence-corrected chi connectivity index (χ3v) is 3.06. The molecular formula is C13H18ClN3O2. The maximum atomic E-state index is 12.0. The van der Waals surface area contributed by atoms with Crippen LogP contribution in [0.5, 0.6) is 0 Å². The number of rotatable bonds is 3. The predicted octanol–water partition coefficient (Wildman–Crippen LogP) is 1.02. The highest BCUT2D eigenvalue weighted by Crippen LogP contribution is 2.22. The first-order chi connectivity index (χ1) is 8.61. The fourth-order valence-electron chi connectivity index (χ4n) is 2.02. The van der Waals surface area contributed by atoms with Gasteiger partial charge >= 0.3 is 0 Å². The zero-order chi connectivity index (χ0) is 13.1. The van der Waals surface area contributed by atoms with Gasteiger partial charge in [0.1, 0.15) is 0 Å². The Morgan fingerprint density at radius 1 is 1.47 bits per heavy atom. The molecule has 2 rings (SSSR count). The van der Waals surface area contributed by atoms with E-state index >= 15 is 0 Å². The minimum Gasteiger partial charge on any atom is -0.341 e. The van der Waals surface area contributed by atoms with E-state index < -0.39 is 0 Å². The second kappa shape index (κ2) is 6.54. The Labute approximate surface area is 118 Å². The van der Waals surface area contributed by atoms with Gasteiger partial charge in [-0.15, -0.1) is 12.4 Å². The number of fused-ring (bicyclic) bond motifs is 1. The number of likely N-dealkylation sites (N-methyl/N-ethyl adjacent to an activating group) is 1. The van der Waals surface area contributed by atoms with Crippen molar-refractivity contribution in [2.75, 3.05) is 25.5 Å². The van der Waals surface area contributed by atoms with E-state index in [0.717, 1.165) is 18.5 Å². The Hall–Kier alpha value is -1.59. The molecule has 0 bridgehead atoms. The van der Waals surface area contributed by atoms with Crippen molar-refractivity contribution < 1.29 is 9.59 Å². The SMILES string of the molecule is CN1CCc2ccc(NC(=O)CCN)cc2C1=O.Cl. The van der Waals surface area contributed by atoms with Crippen molar-refractivity contribution in [1.29, 1.82) is 0 Å². The lowest BCUT2D eigenvalue weighted by atomic mass is 9.99. The molecule has 0 atom stereocenters. The summed E-state index contributed by atoms with van der Waals surface area (Å²) in [6.45, 7) is 1.06. The van der Waals surface area contributed by atoms with Crippen LogP contribution in [-0.2, 0) is 11.2 Å². The van der Waals surface area contributed by atoms with Gasteiger partial charge in [-0.2, -0.15) is 0 Å². The molecule has 3 N–H and O–H groups in total. The number of hydrogen-bond donors (Lipinski definition) is 2. The van der Waals surface area contributed by atoms with Crippen molar-refractivity contribution in [1.82, 2.24) is 4.90 Å². The number of carbonyl (C=O) groups excluding carboxylic acids is 2. The fourth-order valence-corrected chi connectivity index (χ4v) is 2.02. The molecule has 0 saturated heterocycles. The van der Waals surface area contributed by atoms with Crippen molar-refractivity contribution >= 4 is 29.9 Å². The average Bonchev–Trinajstić information content (AvgIpc) is 2.35. The van der Waals surface area contributed by atoms with Crippen LogP contribution in [0, 0.1) is 0 Å². The van der Waals surface area contributed by atoms with Gasteiger partial charge < -0.3 is 16.0 Å². The number of nitrogens with one attached hydrogen (secondary N) is 1. The largest absolute Gasteiger partial charge is 0.341 e. The van der Waals surface area contributed by atoms with Gasteiger partial charge in [-0.25, -0.2) is 0 Å². The van der Waals surface area contributed by atoms with Crippen molar-refractivity contribution in [3.8, 4) is 0 Å². The first kappa shape index (κ1) is 15.5. The average molecular weight is 284 g/mol. The van der Waals surface area contributed by atoms with Crippen molar-refractivity contribution in [3.05, 3.63) is 29.3 Å². The number of benzene rings is 1. The minimum atomic E-state index is -0.130. The zero-order valence-corrected chi connectivity index (χ0v) is 11.6. The summed E-state index contributed by atoms with van der Waals surface area (Å²) in [4.78, 5) is 25.1. The van der Waals surface area contributed by atoms with Crippen LogP contribution < -0.4 is 11.1 Å². The Morgan fingerprint density at radius 3 is 2.89 bits per heavy atom. The summed E-state index contributed by atoms with van der Waals surface area (Å²) < 4.78 is 0. The van der Waals surface area contributed by atoms with Gasteiger partial charge in [-0.05, 0) is 24.1 Å². The third kappa shape index (κ3) is 3.45. The summed E-state index contributed by atoms with van der Waals surface area (Å²) in [5, 5.41) is 2.74. The van der Waals surface area contributed by atoms with Crippen LogP contribution in [-0.4, -0.2) is 36.9 Å². The van der Waals surface area contributed by atoms with Crippen LogP contribution in [0.4, 0.5) is 5.69 Å². The van der Waals surface area contributed by atoms with Crippen LogP contribution in [0.15, 0.2) is 18.2 Å². The quantitative estimate of drug-likeness (QED) is 0.870. The Kier molecular flexibility index (Phi) is 5.32. The summed E-state index contributed by atoms with van der Waals surface area (Å²) in [7, 11) is 1.78. The van der Waals surface area contributed by atoms with Gasteiger partial charge in [0.25, 0.3) is 5.91 Å². The third-order valence-electron chi connectivity index (χ3n) is 3.06. The van der Waals surface area contributed by atoms with Crippen LogP contribution in [0.2, 0.25) is 0 Å². The molecule has 1 aliphatic heterocycles. The maximum Gasteiger partial charge on any atom is 0.253 e. The number of anilines is 1. The van der Waals surface area contributed by atoms with Gasteiger partial charge in [0, 0.05) is 37.8 Å². The molecule has 5 nitrogen and oxygen atoms in total. The number of amides is 2. The molecule has 0 radical (unpaired) electrons. The Balaban J connectivity index is 0.00000180. The number of nitrogens with two attached hydrogens (primary N) is 1. The number of hydrogen-bond acceptors (Lipinski definition) is 3. The molecule has 1 aromatic rings. The normalized spacial score (nSPS) is 13.6. The van der Waals surface area contributed by atoms with Crippen molar-refractivity contribution in [2.24, 2.45) is 5.73 Å². The lowest BCUT2D eigenvalue weighted by Gasteiger charge is -2.25. The molecule has 6 heteroatoms. The molecular weight excluding hydrogens is 266 g/mol. The van der Waals surface area contributed by atoms with E-state index in [1.165, 1.54) is 0 Å². The highest BCUT2D eigenvalue weighted by Gasteiger charge is 2.21. The standard InChI is InChI=1S/C13H17N3O2.ClH/c1-16-7-5-9-2-3-10(8-11(9)13(16)18)15-12(17)4-6-14;/h2-3,8H,4-7,14H2,1H3,(H,15,17);1H. The molecule has 0 saturated carbocycles. The summed E-state index contributed by atoms with van der Waals surface area (Å²) >= 11 is 0. The van der Waals surface area contributed by atoms with Crippen molar-refractivity contribution in [3.63, 3.8) is 0 Å². The number of halogens is 1. The molecule has 0 unspecified atom stereocenters. The van der Waals surface area contributed by atoms with E-state index in [1.807, 2.05) is 12.1 Å². The van der Waals surface area contributed by atoms with Gasteiger partial charge in [0.15, 0.2) is 0 Å². The molecule has 19 heavy (non-hydrogen) atoms. The monoisotopic (exact) mass is 283 g/mol. The molecule has 104 valence electrons. The first-order valence-corrected chi connectivity index (χ1v) is 6.00. The van der Waals surface area contributed by atoms with E-state index in [1.54, 1.807) is 18.0 Å². The van der Waals surface area contributed by atoms with Crippen LogP contribution in [0.3, 0.4) is 0 Å². The second-order valence-corrected chi connectivity index (χ2v) is 4.44. The highest BCUT2D eigenvalue weighted by molar-refractivity contribution is 5.99. The molecule has 1 aliphatic rings. The minimum absolute atomic E-state index is 0. The predicted molar refractivity (Wildman–Crippen MR) is 76.7 cm³/mol. The number of nitrogens with zero attached hydrogens (tertiary/aromatic N) is 1. The topological polar surface area (TPSA) is 75.4 Å². The van der Waals surface area contributed by atoms with Gasteiger partial charge in [-0.3, -0.25) is 9.59 Å². The molecule has 0 aliphatic carbocycles. The molecule has 0 fully saturated rings. The maximum absolute atomic E-state index is 12.0. The number of carbonyl (C=O) groups is 2. The highest BCUT2D eigenvalue weighted by atomic mass is 35.5. The van der Waals surface area contributed by atoms with Gasteiger partial charge in [0.2, 0.25) is 5.91 Å². The first-order valence-electron chi connectivity index (χ1n) is 6.00. The fraction of sp³-hybridized carbons (Fsp3) is 0.385. The van der Waals surface area contributed by atoms with E-state index in [0.29, 0.717) is 17.8 Å². The van der Waals surface area contributed by atoms with Crippen LogP contribution >= 0.6 is 12.4 Å².